The van der Waals surface area contributed by atoms with Gasteiger partial charge in [0.05, 0.1) is 24.8 Å². The molecular weight excluding hydrogens is 332 g/mol. The monoisotopic (exact) mass is 352 g/mol. The minimum atomic E-state index is -1.01. The Kier molecular flexibility index (Phi) is 5.16. The first-order chi connectivity index (χ1) is 12.5. The quantitative estimate of drug-likeness (QED) is 0.611. The highest BCUT2D eigenvalue weighted by Crippen LogP contribution is 2.28. The first-order valence-electron chi connectivity index (χ1n) is 8.27. The maximum atomic E-state index is 13.2. The summed E-state index contributed by atoms with van der Waals surface area (Å²) in [6, 6.07) is 16.3. The Labute approximate surface area is 150 Å². The number of benzene rings is 2. The molecule has 0 aliphatic heterocycles. The summed E-state index contributed by atoms with van der Waals surface area (Å²) < 4.78 is 1.53. The molecule has 3 aromatic rings. The minimum absolute atomic E-state index is 0.0562. The van der Waals surface area contributed by atoms with Gasteiger partial charge in [0.15, 0.2) is 0 Å². The molecule has 0 spiro atoms. The fourth-order valence-corrected chi connectivity index (χ4v) is 2.86. The van der Waals surface area contributed by atoms with Crippen molar-refractivity contribution >= 4 is 16.6 Å². The van der Waals surface area contributed by atoms with Crippen LogP contribution in [0.4, 0.5) is 0 Å². The predicted molar refractivity (Wildman–Crippen MR) is 101 cm³/mol. The molecule has 1 aromatic heterocycles. The molecule has 0 saturated carbocycles. The van der Waals surface area contributed by atoms with E-state index in [1.54, 1.807) is 31.2 Å². The van der Waals surface area contributed by atoms with Gasteiger partial charge in [0.25, 0.3) is 5.56 Å². The number of hydrogen-bond donors (Lipinski definition) is 3. The highest BCUT2D eigenvalue weighted by molar-refractivity contribution is 6.05. The summed E-state index contributed by atoms with van der Waals surface area (Å²) in [6.45, 7) is 1.12. The normalized spacial score (nSPS) is 13.1. The number of aliphatic imine (C=N–C) groups is 1. The number of pyridine rings is 1. The molecule has 0 fully saturated rings. The molecule has 0 amide bonds. The summed E-state index contributed by atoms with van der Waals surface area (Å²) in [5, 5.41) is 29.6. The number of fused-ring (bicyclic) bond motifs is 1. The van der Waals surface area contributed by atoms with E-state index in [1.165, 1.54) is 4.57 Å². The Hall–Kier alpha value is -2.96. The Morgan fingerprint density at radius 2 is 1.77 bits per heavy atom. The van der Waals surface area contributed by atoms with E-state index in [-0.39, 0.29) is 17.9 Å². The average Bonchev–Trinajstić information content (AvgIpc) is 2.67. The third kappa shape index (κ3) is 3.24. The Morgan fingerprint density at radius 1 is 1.12 bits per heavy atom. The molecule has 3 rings (SSSR count). The lowest BCUT2D eigenvalue weighted by Gasteiger charge is -2.15. The summed E-state index contributed by atoms with van der Waals surface area (Å²) >= 11 is 0. The maximum absolute atomic E-state index is 13.2. The second kappa shape index (κ2) is 7.51. The van der Waals surface area contributed by atoms with Crippen molar-refractivity contribution in [3.8, 4) is 11.4 Å². The molecule has 0 saturated heterocycles. The van der Waals surface area contributed by atoms with Gasteiger partial charge in [-0.1, -0.05) is 30.3 Å². The van der Waals surface area contributed by atoms with E-state index in [4.69, 9.17) is 5.11 Å². The van der Waals surface area contributed by atoms with Gasteiger partial charge in [-0.25, -0.2) is 0 Å². The van der Waals surface area contributed by atoms with Crippen molar-refractivity contribution in [3.05, 3.63) is 70.5 Å². The summed E-state index contributed by atoms with van der Waals surface area (Å²) in [5.74, 6) is -0.141. The van der Waals surface area contributed by atoms with Crippen LogP contribution in [-0.4, -0.2) is 44.9 Å². The lowest BCUT2D eigenvalue weighted by molar-refractivity contribution is 0.102. The molecule has 0 unspecified atom stereocenters. The van der Waals surface area contributed by atoms with E-state index >= 15 is 0 Å². The van der Waals surface area contributed by atoms with Crippen molar-refractivity contribution < 1.29 is 15.3 Å². The van der Waals surface area contributed by atoms with Crippen molar-refractivity contribution in [1.29, 1.82) is 0 Å². The number of aliphatic hydroxyl groups excluding tert-OH is 2. The highest BCUT2D eigenvalue weighted by atomic mass is 16.3. The van der Waals surface area contributed by atoms with Crippen molar-refractivity contribution in [2.75, 3.05) is 13.2 Å². The van der Waals surface area contributed by atoms with E-state index in [0.717, 1.165) is 0 Å². The third-order valence-electron chi connectivity index (χ3n) is 4.18. The van der Waals surface area contributed by atoms with Gasteiger partial charge < -0.3 is 15.3 Å². The van der Waals surface area contributed by atoms with E-state index in [0.29, 0.717) is 22.3 Å². The smallest absolute Gasteiger partial charge is 0.268 e. The number of hydrogen-bond acceptors (Lipinski definition) is 5. The van der Waals surface area contributed by atoms with Gasteiger partial charge in [0, 0.05) is 16.8 Å². The highest BCUT2D eigenvalue weighted by Gasteiger charge is 2.19. The first kappa shape index (κ1) is 17.8. The van der Waals surface area contributed by atoms with Crippen LogP contribution in [0.15, 0.2) is 64.4 Å². The number of para-hydroxylation sites is 2. The molecule has 0 bridgehead atoms. The molecule has 2 aromatic carbocycles. The van der Waals surface area contributed by atoms with Gasteiger partial charge in [-0.3, -0.25) is 14.4 Å². The van der Waals surface area contributed by atoms with Crippen LogP contribution < -0.4 is 5.56 Å². The van der Waals surface area contributed by atoms with Crippen LogP contribution in [0.1, 0.15) is 12.5 Å². The molecule has 3 N–H and O–H groups in total. The summed E-state index contributed by atoms with van der Waals surface area (Å²) in [5.41, 5.74) is 1.26. The van der Waals surface area contributed by atoms with Crippen LogP contribution in [0.25, 0.3) is 16.6 Å². The lowest BCUT2D eigenvalue weighted by atomic mass is 10.1. The first-order valence-corrected chi connectivity index (χ1v) is 8.27. The zero-order valence-electron chi connectivity index (χ0n) is 14.3. The Balaban J connectivity index is 2.30. The largest absolute Gasteiger partial charge is 0.506 e. The van der Waals surface area contributed by atoms with Gasteiger partial charge in [0.2, 0.25) is 0 Å². The fraction of sp³-hybridized carbons (Fsp3) is 0.200. The SMILES string of the molecule is CC(=NC[C@H](O)CO)c1c(O)c2ccccc2n(-c2ccccc2)c1=O. The van der Waals surface area contributed by atoms with E-state index in [2.05, 4.69) is 4.99 Å². The molecule has 1 heterocycles. The number of aromatic nitrogens is 1. The fourth-order valence-electron chi connectivity index (χ4n) is 2.86. The van der Waals surface area contributed by atoms with Gasteiger partial charge in [-0.2, -0.15) is 0 Å². The van der Waals surface area contributed by atoms with Crippen LogP contribution in [0.2, 0.25) is 0 Å². The van der Waals surface area contributed by atoms with Crippen molar-refractivity contribution in [1.82, 2.24) is 4.57 Å². The molecule has 6 heteroatoms. The standard InChI is InChI=1S/C20H20N2O4/c1-13(21-11-15(24)12-23)18-19(25)16-9-5-6-10-17(16)22(20(18)26)14-7-3-2-4-8-14/h2-10,15,23-25H,11-12H2,1H3/t15-/m0/s1. The van der Waals surface area contributed by atoms with E-state index < -0.39 is 18.3 Å². The maximum Gasteiger partial charge on any atom is 0.268 e. The van der Waals surface area contributed by atoms with Crippen LogP contribution >= 0.6 is 0 Å². The number of rotatable bonds is 5. The number of aliphatic hydroxyl groups is 2. The molecule has 26 heavy (non-hydrogen) atoms. The third-order valence-corrected chi connectivity index (χ3v) is 4.18. The Bertz CT molecular complexity index is 1010. The molecule has 0 aliphatic rings. The lowest BCUT2D eigenvalue weighted by Crippen LogP contribution is -2.26. The average molecular weight is 352 g/mol. The van der Waals surface area contributed by atoms with Crippen LogP contribution in [0, 0.1) is 0 Å². The molecule has 134 valence electrons. The molecular formula is C20H20N2O4. The van der Waals surface area contributed by atoms with Crippen LogP contribution in [0.5, 0.6) is 5.75 Å². The predicted octanol–water partition coefficient (Wildman–Crippen LogP) is 1.86. The zero-order chi connectivity index (χ0) is 18.7. The molecule has 0 aliphatic carbocycles. The van der Waals surface area contributed by atoms with Crippen LogP contribution in [-0.2, 0) is 0 Å². The minimum Gasteiger partial charge on any atom is -0.506 e. The molecule has 0 radical (unpaired) electrons. The van der Waals surface area contributed by atoms with Gasteiger partial charge in [-0.05, 0) is 31.2 Å². The number of nitrogens with zero attached hydrogens (tertiary/aromatic N) is 2. The van der Waals surface area contributed by atoms with E-state index in [1.807, 2.05) is 30.3 Å². The van der Waals surface area contributed by atoms with Crippen LogP contribution in [0.3, 0.4) is 0 Å². The van der Waals surface area contributed by atoms with Crippen molar-refractivity contribution in [2.45, 2.75) is 13.0 Å². The van der Waals surface area contributed by atoms with Gasteiger partial charge in [0.1, 0.15) is 11.3 Å². The summed E-state index contributed by atoms with van der Waals surface area (Å²) in [7, 11) is 0. The second-order valence-electron chi connectivity index (χ2n) is 5.98. The summed E-state index contributed by atoms with van der Waals surface area (Å²) in [6.07, 6.45) is -1.01. The van der Waals surface area contributed by atoms with Gasteiger partial charge >= 0.3 is 0 Å². The topological polar surface area (TPSA) is 95.1 Å². The molecule has 1 atom stereocenters. The second-order valence-corrected chi connectivity index (χ2v) is 5.98. The Morgan fingerprint density at radius 3 is 2.46 bits per heavy atom. The summed E-state index contributed by atoms with van der Waals surface area (Å²) in [4.78, 5) is 17.3. The van der Waals surface area contributed by atoms with Crippen molar-refractivity contribution in [2.24, 2.45) is 4.99 Å². The van der Waals surface area contributed by atoms with Gasteiger partial charge in [-0.15, -0.1) is 0 Å². The molecule has 6 nitrogen and oxygen atoms in total. The number of aromatic hydroxyl groups is 1. The van der Waals surface area contributed by atoms with E-state index in [9.17, 15) is 15.0 Å². The zero-order valence-corrected chi connectivity index (χ0v) is 14.3. The van der Waals surface area contributed by atoms with Crippen molar-refractivity contribution in [3.63, 3.8) is 0 Å².